The Balaban J connectivity index is 1.41. The van der Waals surface area contributed by atoms with Crippen molar-refractivity contribution in [1.29, 1.82) is 5.26 Å². The van der Waals surface area contributed by atoms with Gasteiger partial charge in [0.1, 0.15) is 24.0 Å². The lowest BCUT2D eigenvalue weighted by atomic mass is 9.82. The molecule has 5 rings (SSSR count). The van der Waals surface area contributed by atoms with E-state index in [0.717, 1.165) is 16.7 Å². The summed E-state index contributed by atoms with van der Waals surface area (Å²) in [6.45, 7) is 2.14. The van der Waals surface area contributed by atoms with Gasteiger partial charge in [0.25, 0.3) is 5.91 Å². The van der Waals surface area contributed by atoms with Crippen molar-refractivity contribution < 1.29 is 23.5 Å². The number of imide groups is 1. The first kappa shape index (κ1) is 22.4. The van der Waals surface area contributed by atoms with Crippen LogP contribution in [0.1, 0.15) is 34.2 Å². The minimum atomic E-state index is -0.946. The topological polar surface area (TPSA) is 101 Å². The second-order valence-electron chi connectivity index (χ2n) is 8.68. The van der Waals surface area contributed by atoms with Gasteiger partial charge < -0.3 is 9.15 Å². The lowest BCUT2D eigenvalue weighted by molar-refractivity contribution is -0.148. The minimum absolute atomic E-state index is 0.198. The molecule has 174 valence electrons. The molecule has 0 bridgehead atoms. The van der Waals surface area contributed by atoms with Gasteiger partial charge in [-0.05, 0) is 42.3 Å². The van der Waals surface area contributed by atoms with Gasteiger partial charge >= 0.3 is 5.97 Å². The van der Waals surface area contributed by atoms with E-state index in [2.05, 4.69) is 6.07 Å². The van der Waals surface area contributed by atoms with Crippen LogP contribution in [-0.4, -0.2) is 29.2 Å². The molecule has 7 nitrogen and oxygen atoms in total. The van der Waals surface area contributed by atoms with Crippen molar-refractivity contribution in [2.45, 2.75) is 20.0 Å². The van der Waals surface area contributed by atoms with E-state index in [1.807, 2.05) is 36.4 Å². The molecule has 7 heteroatoms. The fourth-order valence-electron chi connectivity index (χ4n) is 4.49. The van der Waals surface area contributed by atoms with Crippen LogP contribution in [0.2, 0.25) is 0 Å². The molecular formula is C28H22N2O5. The molecule has 0 radical (unpaired) electrons. The number of hydrogen-bond acceptors (Lipinski definition) is 6. The number of piperidine rings is 1. The molecule has 0 aliphatic carbocycles. The molecule has 3 heterocycles. The number of furan rings is 1. The predicted molar refractivity (Wildman–Crippen MR) is 126 cm³/mol. The van der Waals surface area contributed by atoms with Crippen LogP contribution in [0.15, 0.2) is 70.7 Å². The molecule has 2 atom stereocenters. The number of nitrogens with zero attached hydrogens (tertiary/aromatic N) is 2. The Hall–Kier alpha value is -4.44. The summed E-state index contributed by atoms with van der Waals surface area (Å²) in [7, 11) is 0. The lowest BCUT2D eigenvalue weighted by Crippen LogP contribution is -2.50. The molecule has 0 saturated carbocycles. The normalized spacial score (nSPS) is 20.6. The zero-order valence-corrected chi connectivity index (χ0v) is 19.1. The van der Waals surface area contributed by atoms with Gasteiger partial charge in [0, 0.05) is 29.2 Å². The van der Waals surface area contributed by atoms with Gasteiger partial charge in [0.05, 0.1) is 11.6 Å². The molecule has 0 N–H and O–H groups in total. The van der Waals surface area contributed by atoms with Gasteiger partial charge in [-0.3, -0.25) is 14.5 Å². The van der Waals surface area contributed by atoms with Crippen molar-refractivity contribution in [1.82, 2.24) is 4.90 Å². The highest BCUT2D eigenvalue weighted by Gasteiger charge is 2.42. The van der Waals surface area contributed by atoms with Gasteiger partial charge in [-0.25, -0.2) is 4.79 Å². The van der Waals surface area contributed by atoms with Gasteiger partial charge in [-0.1, -0.05) is 43.3 Å². The van der Waals surface area contributed by atoms with Crippen molar-refractivity contribution in [3.05, 3.63) is 88.7 Å². The SMILES string of the molecule is CC1/C(=C\c2ccc(-c3ccc4c(c3)COC4=O)o2)C(=O)N(CCc2ccccc2)C(=O)C1C#N. The molecule has 1 fully saturated rings. The van der Waals surface area contributed by atoms with Crippen LogP contribution in [0.3, 0.4) is 0 Å². The number of ether oxygens (including phenoxy) is 1. The van der Waals surface area contributed by atoms with Gasteiger partial charge in [0.2, 0.25) is 5.91 Å². The Labute approximate surface area is 202 Å². The summed E-state index contributed by atoms with van der Waals surface area (Å²) in [6.07, 6.45) is 2.12. The first-order valence-electron chi connectivity index (χ1n) is 11.4. The van der Waals surface area contributed by atoms with E-state index in [4.69, 9.17) is 9.15 Å². The minimum Gasteiger partial charge on any atom is -0.457 e. The quantitative estimate of drug-likeness (QED) is 0.314. The van der Waals surface area contributed by atoms with Crippen LogP contribution >= 0.6 is 0 Å². The van der Waals surface area contributed by atoms with E-state index in [1.165, 1.54) is 4.90 Å². The number of nitriles is 1. The van der Waals surface area contributed by atoms with Gasteiger partial charge in [0.15, 0.2) is 0 Å². The number of esters is 1. The molecule has 3 aromatic rings. The van der Waals surface area contributed by atoms with Crippen LogP contribution in [0.4, 0.5) is 0 Å². The molecular weight excluding hydrogens is 444 g/mol. The molecule has 2 aromatic carbocycles. The number of benzene rings is 2. The van der Waals surface area contributed by atoms with Gasteiger partial charge in [-0.15, -0.1) is 0 Å². The average Bonchev–Trinajstić information content (AvgIpc) is 3.49. The fraction of sp³-hybridized carbons (Fsp3) is 0.214. The number of amides is 2. The first-order chi connectivity index (χ1) is 17.0. The Bertz CT molecular complexity index is 1400. The number of cyclic esters (lactones) is 1. The third kappa shape index (κ3) is 4.15. The van der Waals surface area contributed by atoms with Crippen molar-refractivity contribution >= 4 is 23.9 Å². The molecule has 2 aliphatic heterocycles. The van der Waals surface area contributed by atoms with E-state index in [9.17, 15) is 19.6 Å². The Morgan fingerprint density at radius 1 is 1.09 bits per heavy atom. The maximum absolute atomic E-state index is 13.3. The highest BCUT2D eigenvalue weighted by Crippen LogP contribution is 2.33. The molecule has 0 spiro atoms. The highest BCUT2D eigenvalue weighted by atomic mass is 16.5. The third-order valence-electron chi connectivity index (χ3n) is 6.51. The van der Waals surface area contributed by atoms with Crippen LogP contribution in [0.25, 0.3) is 17.4 Å². The van der Waals surface area contributed by atoms with Crippen molar-refractivity contribution in [3.8, 4) is 17.4 Å². The number of carbonyl (C=O) groups is 3. The first-order valence-corrected chi connectivity index (χ1v) is 11.4. The number of carbonyl (C=O) groups excluding carboxylic acids is 3. The molecule has 2 amide bonds. The zero-order valence-electron chi connectivity index (χ0n) is 19.1. The second-order valence-corrected chi connectivity index (χ2v) is 8.68. The molecule has 1 saturated heterocycles. The molecule has 1 aromatic heterocycles. The monoisotopic (exact) mass is 466 g/mol. The summed E-state index contributed by atoms with van der Waals surface area (Å²) in [6, 6.07) is 20.5. The predicted octanol–water partition coefficient (Wildman–Crippen LogP) is 4.39. The van der Waals surface area contributed by atoms with E-state index < -0.39 is 23.7 Å². The molecule has 2 aliphatic rings. The molecule has 2 unspecified atom stereocenters. The van der Waals surface area contributed by atoms with E-state index in [0.29, 0.717) is 29.1 Å². The van der Waals surface area contributed by atoms with Crippen LogP contribution in [0.5, 0.6) is 0 Å². The maximum Gasteiger partial charge on any atom is 0.338 e. The summed E-state index contributed by atoms with van der Waals surface area (Å²) in [5.74, 6) is -1.70. The van der Waals surface area contributed by atoms with Crippen molar-refractivity contribution in [2.75, 3.05) is 6.54 Å². The number of hydrogen-bond donors (Lipinski definition) is 0. The van der Waals surface area contributed by atoms with Crippen LogP contribution in [-0.2, 0) is 27.4 Å². The Morgan fingerprint density at radius 2 is 1.89 bits per heavy atom. The van der Waals surface area contributed by atoms with Crippen LogP contribution in [0, 0.1) is 23.2 Å². The standard InChI is InChI=1S/C28H22N2O5/c1-17-23(26(31)30(27(32)24(17)15-29)12-11-18-5-3-2-4-6-18)14-21-8-10-25(35-21)19-7-9-22-20(13-19)16-34-28(22)33/h2-10,13-14,17,24H,11-12,16H2,1H3/b23-14+. The van der Waals surface area contributed by atoms with E-state index in [-0.39, 0.29) is 19.1 Å². The molecule has 35 heavy (non-hydrogen) atoms. The maximum atomic E-state index is 13.3. The zero-order chi connectivity index (χ0) is 24.5. The van der Waals surface area contributed by atoms with Gasteiger partial charge in [-0.2, -0.15) is 5.26 Å². The highest BCUT2D eigenvalue weighted by molar-refractivity contribution is 6.11. The summed E-state index contributed by atoms with van der Waals surface area (Å²) in [5, 5.41) is 9.66. The van der Waals surface area contributed by atoms with Crippen LogP contribution < -0.4 is 0 Å². The number of fused-ring (bicyclic) bond motifs is 1. The van der Waals surface area contributed by atoms with Crippen molar-refractivity contribution in [3.63, 3.8) is 0 Å². The van der Waals surface area contributed by atoms with E-state index in [1.54, 1.807) is 37.3 Å². The Morgan fingerprint density at radius 3 is 2.66 bits per heavy atom. The summed E-state index contributed by atoms with van der Waals surface area (Å²) in [5.41, 5.74) is 3.49. The third-order valence-corrected chi connectivity index (χ3v) is 6.51. The fourth-order valence-corrected chi connectivity index (χ4v) is 4.49. The summed E-state index contributed by atoms with van der Waals surface area (Å²) in [4.78, 5) is 39.1. The average molecular weight is 466 g/mol. The lowest BCUT2D eigenvalue weighted by Gasteiger charge is -2.33. The smallest absolute Gasteiger partial charge is 0.338 e. The Kier molecular flexibility index (Phi) is 5.79. The number of likely N-dealkylation sites (tertiary alicyclic amines) is 1. The second kappa shape index (κ2) is 9.07. The van der Waals surface area contributed by atoms with Crippen molar-refractivity contribution in [2.24, 2.45) is 11.8 Å². The number of rotatable bonds is 5. The largest absolute Gasteiger partial charge is 0.457 e. The van der Waals surface area contributed by atoms with E-state index >= 15 is 0 Å². The summed E-state index contributed by atoms with van der Waals surface area (Å²) >= 11 is 0. The summed E-state index contributed by atoms with van der Waals surface area (Å²) < 4.78 is 11.0.